The predicted molar refractivity (Wildman–Crippen MR) is 152 cm³/mol. The van der Waals surface area contributed by atoms with Gasteiger partial charge in [-0.1, -0.05) is 66.5 Å². The Morgan fingerprint density at radius 3 is 2.11 bits per heavy atom. The third-order valence-corrected chi connectivity index (χ3v) is 8.60. The fourth-order valence-electron chi connectivity index (χ4n) is 3.71. The molecule has 2 amide bonds. The Labute approximate surface area is 234 Å². The minimum absolute atomic E-state index is 0.0213. The number of hydrogen-bond donors (Lipinski definition) is 1. The molecule has 38 heavy (non-hydrogen) atoms. The van der Waals surface area contributed by atoms with Crippen molar-refractivity contribution in [2.24, 2.45) is 0 Å². The first kappa shape index (κ1) is 29.5. The van der Waals surface area contributed by atoms with Crippen molar-refractivity contribution in [1.82, 2.24) is 10.2 Å². The van der Waals surface area contributed by atoms with Gasteiger partial charge in [0.1, 0.15) is 12.6 Å². The van der Waals surface area contributed by atoms with Gasteiger partial charge < -0.3 is 10.2 Å². The molecule has 0 saturated heterocycles. The Kier molecular flexibility index (Phi) is 10.2. The van der Waals surface area contributed by atoms with Gasteiger partial charge in [-0.15, -0.1) is 0 Å². The molecule has 10 heteroatoms. The lowest BCUT2D eigenvalue weighted by atomic mass is 10.1. The van der Waals surface area contributed by atoms with Crippen LogP contribution in [0.4, 0.5) is 5.69 Å². The summed E-state index contributed by atoms with van der Waals surface area (Å²) in [4.78, 5) is 28.3. The number of carbonyl (C=O) groups excluding carboxylic acids is 2. The van der Waals surface area contributed by atoms with Crippen molar-refractivity contribution in [2.75, 3.05) is 10.8 Å². The summed E-state index contributed by atoms with van der Waals surface area (Å²) < 4.78 is 28.4. The normalized spacial score (nSPS) is 12.9. The molecule has 0 bridgehead atoms. The zero-order chi connectivity index (χ0) is 27.9. The van der Waals surface area contributed by atoms with Gasteiger partial charge in [0.05, 0.1) is 10.6 Å². The summed E-state index contributed by atoms with van der Waals surface area (Å²) in [5, 5.41) is 3.76. The third kappa shape index (κ3) is 7.28. The van der Waals surface area contributed by atoms with E-state index in [2.05, 4.69) is 5.32 Å². The van der Waals surface area contributed by atoms with Gasteiger partial charge in [-0.2, -0.15) is 0 Å². The van der Waals surface area contributed by atoms with E-state index in [0.717, 1.165) is 10.7 Å². The first-order chi connectivity index (χ1) is 18.0. The van der Waals surface area contributed by atoms with E-state index >= 15 is 0 Å². The molecule has 0 aliphatic rings. The Hall–Kier alpha value is -3.07. The summed E-state index contributed by atoms with van der Waals surface area (Å²) in [5.74, 6) is -0.908. The van der Waals surface area contributed by atoms with Crippen molar-refractivity contribution in [3.8, 4) is 0 Å². The molecule has 0 heterocycles. The molecule has 202 valence electrons. The van der Waals surface area contributed by atoms with Crippen LogP contribution in [0.2, 0.25) is 10.0 Å². The molecule has 1 N–H and O–H groups in total. The Balaban J connectivity index is 2.02. The number of carbonyl (C=O) groups is 2. The Bertz CT molecular complexity index is 1350. The van der Waals surface area contributed by atoms with E-state index in [1.165, 1.54) is 29.2 Å². The van der Waals surface area contributed by atoms with Crippen LogP contribution in [0.5, 0.6) is 0 Å². The van der Waals surface area contributed by atoms with Crippen LogP contribution in [-0.2, 0) is 26.2 Å². The minimum Gasteiger partial charge on any atom is -0.352 e. The number of amides is 2. The number of nitrogens with one attached hydrogen (secondary N) is 1. The van der Waals surface area contributed by atoms with Gasteiger partial charge in [-0.25, -0.2) is 8.42 Å². The zero-order valence-corrected chi connectivity index (χ0v) is 23.8. The first-order valence-electron chi connectivity index (χ1n) is 12.2. The summed E-state index contributed by atoms with van der Waals surface area (Å²) >= 11 is 12.4. The summed E-state index contributed by atoms with van der Waals surface area (Å²) in [6.45, 7) is 4.92. The molecule has 2 atom stereocenters. The van der Waals surface area contributed by atoms with Crippen molar-refractivity contribution < 1.29 is 18.0 Å². The lowest BCUT2D eigenvalue weighted by Crippen LogP contribution is -2.52. The molecule has 0 aliphatic carbocycles. The molecule has 7 nitrogen and oxygen atoms in total. The van der Waals surface area contributed by atoms with Crippen molar-refractivity contribution in [1.29, 1.82) is 0 Å². The number of hydrogen-bond acceptors (Lipinski definition) is 4. The van der Waals surface area contributed by atoms with E-state index < -0.39 is 28.5 Å². The Morgan fingerprint density at radius 2 is 1.50 bits per heavy atom. The maximum Gasteiger partial charge on any atom is 0.264 e. The smallest absolute Gasteiger partial charge is 0.264 e. The number of sulfonamides is 1. The molecule has 0 spiro atoms. The van der Waals surface area contributed by atoms with Crippen LogP contribution in [0.15, 0.2) is 83.8 Å². The van der Waals surface area contributed by atoms with Crippen molar-refractivity contribution in [3.63, 3.8) is 0 Å². The maximum absolute atomic E-state index is 13.9. The molecule has 3 aromatic rings. The highest BCUT2D eigenvalue weighted by atomic mass is 35.5. The second kappa shape index (κ2) is 13.1. The van der Waals surface area contributed by atoms with Crippen LogP contribution in [0.1, 0.15) is 32.8 Å². The fourth-order valence-corrected chi connectivity index (χ4v) is 5.47. The van der Waals surface area contributed by atoms with Gasteiger partial charge in [0.15, 0.2) is 0 Å². The standard InChI is InChI=1S/C28H31Cl2N3O4S/c1-4-20(2)31-28(35)21(3)32(18-22-10-8-9-13-26(22)30)27(34)19-33(24-16-14-23(29)15-17-24)38(36,37)25-11-6-5-7-12-25/h5-17,20-21H,4,18-19H2,1-3H3,(H,31,35)/t20-,21+/m0/s1. The number of benzene rings is 3. The SMILES string of the molecule is CC[C@H](C)NC(=O)[C@@H](C)N(Cc1ccccc1Cl)C(=O)CN(c1ccc(Cl)cc1)S(=O)(=O)c1ccccc1. The van der Waals surface area contributed by atoms with Crippen LogP contribution in [0.3, 0.4) is 0 Å². The van der Waals surface area contributed by atoms with Crippen molar-refractivity contribution in [3.05, 3.63) is 94.5 Å². The lowest BCUT2D eigenvalue weighted by molar-refractivity contribution is -0.139. The minimum atomic E-state index is -4.13. The van der Waals surface area contributed by atoms with E-state index in [-0.39, 0.29) is 29.1 Å². The van der Waals surface area contributed by atoms with E-state index in [9.17, 15) is 18.0 Å². The second-order valence-corrected chi connectivity index (χ2v) is 11.6. The highest BCUT2D eigenvalue weighted by Crippen LogP contribution is 2.26. The van der Waals surface area contributed by atoms with Crippen LogP contribution in [0, 0.1) is 0 Å². The molecule has 0 aliphatic heterocycles. The molecule has 0 unspecified atom stereocenters. The molecule has 0 fully saturated rings. The zero-order valence-electron chi connectivity index (χ0n) is 21.5. The first-order valence-corrected chi connectivity index (χ1v) is 14.4. The average Bonchev–Trinajstić information content (AvgIpc) is 2.91. The van der Waals surface area contributed by atoms with E-state index in [1.807, 2.05) is 13.8 Å². The highest BCUT2D eigenvalue weighted by Gasteiger charge is 2.33. The third-order valence-electron chi connectivity index (χ3n) is 6.19. The average molecular weight is 577 g/mol. The Morgan fingerprint density at radius 1 is 0.895 bits per heavy atom. The molecular formula is C28H31Cl2N3O4S. The van der Waals surface area contributed by atoms with Crippen LogP contribution in [-0.4, -0.2) is 43.8 Å². The summed E-state index contributed by atoms with van der Waals surface area (Å²) in [6.07, 6.45) is 0.719. The molecule has 3 aromatic carbocycles. The molecule has 0 radical (unpaired) electrons. The van der Waals surface area contributed by atoms with Crippen LogP contribution >= 0.6 is 23.2 Å². The van der Waals surface area contributed by atoms with Gasteiger partial charge in [0.2, 0.25) is 11.8 Å². The molecule has 0 aromatic heterocycles. The van der Waals surface area contributed by atoms with Crippen molar-refractivity contribution >= 4 is 50.7 Å². The molecular weight excluding hydrogens is 545 g/mol. The van der Waals surface area contributed by atoms with Crippen molar-refractivity contribution in [2.45, 2.75) is 50.7 Å². The monoisotopic (exact) mass is 575 g/mol. The topological polar surface area (TPSA) is 86.8 Å². The van der Waals surface area contributed by atoms with E-state index in [1.54, 1.807) is 61.5 Å². The summed E-state index contributed by atoms with van der Waals surface area (Å²) in [6, 6.07) is 20.1. The maximum atomic E-state index is 13.9. The van der Waals surface area contributed by atoms with Gasteiger partial charge in [-0.3, -0.25) is 13.9 Å². The summed E-state index contributed by atoms with van der Waals surface area (Å²) in [5.41, 5.74) is 0.899. The van der Waals surface area contributed by atoms with Gasteiger partial charge in [-0.05, 0) is 68.3 Å². The summed E-state index contributed by atoms with van der Waals surface area (Å²) in [7, 11) is -4.13. The van der Waals surface area contributed by atoms with E-state index in [0.29, 0.717) is 15.6 Å². The van der Waals surface area contributed by atoms with Crippen LogP contribution in [0.25, 0.3) is 0 Å². The predicted octanol–water partition coefficient (Wildman–Crippen LogP) is 5.52. The molecule has 3 rings (SSSR count). The molecule has 0 saturated carbocycles. The quantitative estimate of drug-likeness (QED) is 0.326. The number of rotatable bonds is 11. The highest BCUT2D eigenvalue weighted by molar-refractivity contribution is 7.92. The van der Waals surface area contributed by atoms with Gasteiger partial charge in [0.25, 0.3) is 10.0 Å². The number of anilines is 1. The fraction of sp³-hybridized carbons (Fsp3) is 0.286. The van der Waals surface area contributed by atoms with Crippen LogP contribution < -0.4 is 9.62 Å². The number of halogens is 2. The second-order valence-electron chi connectivity index (χ2n) is 8.91. The van der Waals surface area contributed by atoms with Gasteiger partial charge in [0, 0.05) is 22.6 Å². The largest absolute Gasteiger partial charge is 0.352 e. The lowest BCUT2D eigenvalue weighted by Gasteiger charge is -2.32. The van der Waals surface area contributed by atoms with E-state index in [4.69, 9.17) is 23.2 Å². The number of nitrogens with zero attached hydrogens (tertiary/aromatic N) is 2. The van der Waals surface area contributed by atoms with Gasteiger partial charge >= 0.3 is 0 Å².